The maximum atomic E-state index is 13.4. The topological polar surface area (TPSA) is 54.3 Å². The molecule has 6 nitrogen and oxygen atoms in total. The lowest BCUT2D eigenvalue weighted by molar-refractivity contribution is 0.0628. The van der Waals surface area contributed by atoms with Crippen molar-refractivity contribution in [2.24, 2.45) is 0 Å². The molecule has 0 bridgehead atoms. The Morgan fingerprint density at radius 2 is 1.68 bits per heavy atom. The van der Waals surface area contributed by atoms with Gasteiger partial charge in [-0.1, -0.05) is 65.7 Å². The second-order valence-electron chi connectivity index (χ2n) is 8.96. The molecule has 0 unspecified atom stereocenters. The van der Waals surface area contributed by atoms with Crippen molar-refractivity contribution in [1.29, 1.82) is 0 Å². The Morgan fingerprint density at radius 1 is 0.941 bits per heavy atom. The van der Waals surface area contributed by atoms with E-state index in [-0.39, 0.29) is 5.91 Å². The lowest BCUT2D eigenvalue weighted by atomic mass is 10.1. The highest BCUT2D eigenvalue weighted by molar-refractivity contribution is 6.33. The van der Waals surface area contributed by atoms with E-state index in [4.69, 9.17) is 11.6 Å². The average Bonchev–Trinajstić information content (AvgIpc) is 3.13. The number of nitrogens with zero attached hydrogens (tertiary/aromatic N) is 5. The standard InChI is InChI=1S/C27H28ClN5O/c1-19-8-10-21(11-9-19)17-33-26(28)24(20(2)30-33)27(34)32-15-13-31(14-16-32)18-23-6-3-5-22-7-4-12-29-25(22)23/h3-12H,13-18H2,1-2H3. The van der Waals surface area contributed by atoms with Crippen LogP contribution in [-0.2, 0) is 13.1 Å². The third-order valence-electron chi connectivity index (χ3n) is 6.50. The minimum absolute atomic E-state index is 0.0378. The van der Waals surface area contributed by atoms with E-state index in [1.165, 1.54) is 11.1 Å². The van der Waals surface area contributed by atoms with E-state index in [2.05, 4.69) is 70.4 Å². The van der Waals surface area contributed by atoms with Crippen LogP contribution in [-0.4, -0.2) is 56.7 Å². The summed E-state index contributed by atoms with van der Waals surface area (Å²) in [4.78, 5) is 22.2. The van der Waals surface area contributed by atoms with E-state index in [1.54, 1.807) is 4.68 Å². The molecule has 1 fully saturated rings. The van der Waals surface area contributed by atoms with Gasteiger partial charge >= 0.3 is 0 Å². The molecule has 0 spiro atoms. The molecule has 2 aromatic carbocycles. The smallest absolute Gasteiger partial charge is 0.258 e. The van der Waals surface area contributed by atoms with Crippen molar-refractivity contribution in [3.05, 3.63) is 93.9 Å². The molecule has 174 valence electrons. The number of pyridine rings is 1. The molecule has 0 N–H and O–H groups in total. The average molecular weight is 474 g/mol. The van der Waals surface area contributed by atoms with Crippen LogP contribution < -0.4 is 0 Å². The lowest BCUT2D eigenvalue weighted by Crippen LogP contribution is -2.48. The fraction of sp³-hybridized carbons (Fsp3) is 0.296. The summed E-state index contributed by atoms with van der Waals surface area (Å²) < 4.78 is 1.72. The summed E-state index contributed by atoms with van der Waals surface area (Å²) in [6.07, 6.45) is 1.84. The Bertz CT molecular complexity index is 1320. The summed E-state index contributed by atoms with van der Waals surface area (Å²) >= 11 is 6.65. The van der Waals surface area contributed by atoms with Gasteiger partial charge in [-0.15, -0.1) is 0 Å². The molecule has 3 heterocycles. The summed E-state index contributed by atoms with van der Waals surface area (Å²) in [7, 11) is 0. The van der Waals surface area contributed by atoms with Crippen molar-refractivity contribution >= 4 is 28.4 Å². The van der Waals surface area contributed by atoms with Gasteiger partial charge in [0, 0.05) is 44.3 Å². The Kier molecular flexibility index (Phi) is 6.35. The molecule has 0 radical (unpaired) electrons. The number of amides is 1. The molecule has 0 saturated carbocycles. The number of para-hydroxylation sites is 1. The van der Waals surface area contributed by atoms with Gasteiger partial charge in [-0.25, -0.2) is 4.68 Å². The number of piperazine rings is 1. The first-order chi connectivity index (χ1) is 16.5. The highest BCUT2D eigenvalue weighted by Gasteiger charge is 2.28. The van der Waals surface area contributed by atoms with Gasteiger partial charge in [-0.05, 0) is 31.0 Å². The Morgan fingerprint density at radius 3 is 2.44 bits per heavy atom. The molecule has 34 heavy (non-hydrogen) atoms. The molecule has 1 aliphatic heterocycles. The highest BCUT2D eigenvalue weighted by Crippen LogP contribution is 2.24. The third-order valence-corrected chi connectivity index (χ3v) is 6.89. The Hall–Kier alpha value is -3.22. The molecule has 1 aliphatic rings. The molecule has 1 amide bonds. The molecule has 7 heteroatoms. The van der Waals surface area contributed by atoms with E-state index in [1.807, 2.05) is 24.1 Å². The van der Waals surface area contributed by atoms with Crippen LogP contribution in [0.25, 0.3) is 10.9 Å². The number of hydrogen-bond donors (Lipinski definition) is 0. The molecule has 2 aromatic heterocycles. The number of aromatic nitrogens is 3. The van der Waals surface area contributed by atoms with Crippen LogP contribution in [0.3, 0.4) is 0 Å². The number of carbonyl (C=O) groups excluding carboxylic acids is 1. The fourth-order valence-electron chi connectivity index (χ4n) is 4.57. The molecule has 0 aliphatic carbocycles. The van der Waals surface area contributed by atoms with Crippen LogP contribution in [0.5, 0.6) is 0 Å². The molecule has 1 saturated heterocycles. The molecule has 4 aromatic rings. The first kappa shape index (κ1) is 22.6. The van der Waals surface area contributed by atoms with Crippen molar-refractivity contribution < 1.29 is 4.79 Å². The minimum Gasteiger partial charge on any atom is -0.336 e. The maximum absolute atomic E-state index is 13.4. The monoisotopic (exact) mass is 473 g/mol. The van der Waals surface area contributed by atoms with E-state index >= 15 is 0 Å². The zero-order chi connectivity index (χ0) is 23.7. The first-order valence-electron chi connectivity index (χ1n) is 11.6. The van der Waals surface area contributed by atoms with Gasteiger partial charge in [0.15, 0.2) is 0 Å². The number of fused-ring (bicyclic) bond motifs is 1. The third kappa shape index (κ3) is 4.56. The van der Waals surface area contributed by atoms with E-state index in [0.717, 1.165) is 36.1 Å². The predicted octanol–water partition coefficient (Wildman–Crippen LogP) is 4.71. The molecule has 5 rings (SSSR count). The van der Waals surface area contributed by atoms with Gasteiger partial charge in [0.05, 0.1) is 23.3 Å². The summed E-state index contributed by atoms with van der Waals surface area (Å²) in [5, 5.41) is 6.13. The van der Waals surface area contributed by atoms with Gasteiger partial charge in [-0.2, -0.15) is 5.10 Å². The normalized spacial score (nSPS) is 14.6. The fourth-order valence-corrected chi connectivity index (χ4v) is 4.89. The Balaban J connectivity index is 1.25. The lowest BCUT2D eigenvalue weighted by Gasteiger charge is -2.34. The van der Waals surface area contributed by atoms with E-state index in [9.17, 15) is 4.79 Å². The van der Waals surface area contributed by atoms with Crippen molar-refractivity contribution in [3.63, 3.8) is 0 Å². The van der Waals surface area contributed by atoms with Crippen molar-refractivity contribution in [2.45, 2.75) is 26.9 Å². The van der Waals surface area contributed by atoms with Gasteiger partial charge < -0.3 is 4.90 Å². The summed E-state index contributed by atoms with van der Waals surface area (Å²) in [6.45, 7) is 8.22. The second kappa shape index (κ2) is 9.57. The zero-order valence-corrected chi connectivity index (χ0v) is 20.3. The van der Waals surface area contributed by atoms with Crippen LogP contribution in [0.1, 0.15) is 32.7 Å². The zero-order valence-electron chi connectivity index (χ0n) is 19.5. The molecular formula is C27H28ClN5O. The summed E-state index contributed by atoms with van der Waals surface area (Å²) in [5.41, 5.74) is 5.76. The summed E-state index contributed by atoms with van der Waals surface area (Å²) in [6, 6.07) is 18.6. The van der Waals surface area contributed by atoms with Gasteiger partial charge in [0.1, 0.15) is 5.15 Å². The van der Waals surface area contributed by atoms with Gasteiger partial charge in [0.2, 0.25) is 0 Å². The SMILES string of the molecule is Cc1ccc(Cn2nc(C)c(C(=O)N3CCN(Cc4cccc5cccnc45)CC3)c2Cl)cc1. The van der Waals surface area contributed by atoms with Crippen molar-refractivity contribution in [1.82, 2.24) is 24.6 Å². The van der Waals surface area contributed by atoms with Crippen LogP contribution in [0.4, 0.5) is 0 Å². The van der Waals surface area contributed by atoms with Crippen LogP contribution >= 0.6 is 11.6 Å². The minimum atomic E-state index is -0.0378. The first-order valence-corrected chi connectivity index (χ1v) is 12.0. The number of aryl methyl sites for hydroxylation is 2. The van der Waals surface area contributed by atoms with Crippen LogP contribution in [0.15, 0.2) is 60.8 Å². The predicted molar refractivity (Wildman–Crippen MR) is 135 cm³/mol. The number of rotatable bonds is 5. The van der Waals surface area contributed by atoms with Crippen molar-refractivity contribution in [3.8, 4) is 0 Å². The van der Waals surface area contributed by atoms with Crippen LogP contribution in [0.2, 0.25) is 5.15 Å². The second-order valence-corrected chi connectivity index (χ2v) is 9.31. The van der Waals surface area contributed by atoms with Crippen LogP contribution in [0, 0.1) is 13.8 Å². The number of halogens is 1. The van der Waals surface area contributed by atoms with E-state index in [0.29, 0.717) is 36.0 Å². The maximum Gasteiger partial charge on any atom is 0.258 e. The van der Waals surface area contributed by atoms with E-state index < -0.39 is 0 Å². The number of benzene rings is 2. The van der Waals surface area contributed by atoms with Crippen molar-refractivity contribution in [2.75, 3.05) is 26.2 Å². The highest BCUT2D eigenvalue weighted by atomic mass is 35.5. The quantitative estimate of drug-likeness (QED) is 0.421. The molecule has 0 atom stereocenters. The van der Waals surface area contributed by atoms with Gasteiger partial charge in [0.25, 0.3) is 5.91 Å². The Labute approximate surface area is 204 Å². The van der Waals surface area contributed by atoms with Gasteiger partial charge in [-0.3, -0.25) is 14.7 Å². The summed E-state index contributed by atoms with van der Waals surface area (Å²) in [5.74, 6) is -0.0378. The number of hydrogen-bond acceptors (Lipinski definition) is 4. The number of carbonyl (C=O) groups is 1. The largest absolute Gasteiger partial charge is 0.336 e. The molecular weight excluding hydrogens is 446 g/mol.